The Hall–Kier alpha value is -2.80. The predicted octanol–water partition coefficient (Wildman–Crippen LogP) is 2.52. The molecule has 1 fully saturated rings. The summed E-state index contributed by atoms with van der Waals surface area (Å²) in [7, 11) is 0. The predicted molar refractivity (Wildman–Crippen MR) is 99.9 cm³/mol. The van der Waals surface area contributed by atoms with Crippen molar-refractivity contribution in [2.45, 2.75) is 26.4 Å². The van der Waals surface area contributed by atoms with E-state index in [-0.39, 0.29) is 17.8 Å². The van der Waals surface area contributed by atoms with Crippen LogP contribution in [-0.2, 0) is 6.54 Å². The van der Waals surface area contributed by atoms with Gasteiger partial charge in [-0.25, -0.2) is 13.9 Å². The van der Waals surface area contributed by atoms with Crippen molar-refractivity contribution in [1.29, 1.82) is 0 Å². The zero-order chi connectivity index (χ0) is 19.0. The van der Waals surface area contributed by atoms with Crippen LogP contribution in [0.4, 0.5) is 4.39 Å². The Kier molecular flexibility index (Phi) is 4.61. The van der Waals surface area contributed by atoms with Gasteiger partial charge in [-0.15, -0.1) is 0 Å². The van der Waals surface area contributed by atoms with Gasteiger partial charge in [0.25, 0.3) is 5.91 Å². The van der Waals surface area contributed by atoms with Crippen LogP contribution in [-0.4, -0.2) is 56.0 Å². The highest BCUT2D eigenvalue weighted by Gasteiger charge is 2.30. The lowest BCUT2D eigenvalue weighted by Gasteiger charge is -2.39. The topological polar surface area (TPSA) is 53.7 Å². The number of carbonyl (C=O) groups excluding carboxylic acids is 1. The third-order valence-corrected chi connectivity index (χ3v) is 5.03. The summed E-state index contributed by atoms with van der Waals surface area (Å²) in [5.74, 6) is -0.253. The van der Waals surface area contributed by atoms with E-state index < -0.39 is 0 Å². The summed E-state index contributed by atoms with van der Waals surface area (Å²) in [5.41, 5.74) is 3.07. The summed E-state index contributed by atoms with van der Waals surface area (Å²) in [6, 6.07) is 8.53. The molecule has 6 nitrogen and oxygen atoms in total. The molecule has 140 valence electrons. The number of hydrogen-bond acceptors (Lipinski definition) is 4. The van der Waals surface area contributed by atoms with Crippen molar-refractivity contribution in [3.63, 3.8) is 0 Å². The van der Waals surface area contributed by atoms with Crippen molar-refractivity contribution in [3.8, 4) is 0 Å². The van der Waals surface area contributed by atoms with Crippen LogP contribution in [0.3, 0.4) is 0 Å². The van der Waals surface area contributed by atoms with Gasteiger partial charge in [-0.1, -0.05) is 12.1 Å². The number of carbonyl (C=O) groups is 1. The van der Waals surface area contributed by atoms with Gasteiger partial charge in [0.2, 0.25) is 0 Å². The van der Waals surface area contributed by atoms with Crippen molar-refractivity contribution in [2.75, 3.05) is 19.6 Å². The van der Waals surface area contributed by atoms with Crippen LogP contribution >= 0.6 is 0 Å². The largest absolute Gasteiger partial charge is 0.333 e. The molecule has 3 heterocycles. The average Bonchev–Trinajstić information content (AvgIpc) is 3.06. The van der Waals surface area contributed by atoms with Gasteiger partial charge in [-0.2, -0.15) is 5.10 Å². The van der Waals surface area contributed by atoms with Crippen LogP contribution in [0.15, 0.2) is 42.7 Å². The summed E-state index contributed by atoms with van der Waals surface area (Å²) < 4.78 is 14.7. The molecule has 1 aliphatic rings. The van der Waals surface area contributed by atoms with Gasteiger partial charge in [0.15, 0.2) is 5.65 Å². The van der Waals surface area contributed by atoms with Gasteiger partial charge in [-0.05, 0) is 37.6 Å². The van der Waals surface area contributed by atoms with Crippen molar-refractivity contribution in [1.82, 2.24) is 24.4 Å². The summed E-state index contributed by atoms with van der Waals surface area (Å²) in [5, 5.41) is 4.24. The van der Waals surface area contributed by atoms with Crippen LogP contribution in [0.2, 0.25) is 0 Å². The molecular formula is C20H22FN5O. The maximum absolute atomic E-state index is 13.1. The Morgan fingerprint density at radius 1 is 1.22 bits per heavy atom. The number of piperazine rings is 1. The molecule has 1 aliphatic heterocycles. The first-order valence-electron chi connectivity index (χ1n) is 9.10. The standard InChI is InChI=1S/C20H22FN5O/c1-14-7-8-26-19(23-14)18(11-22-26)20(27)25-10-9-24(12-15(25)2)13-16-3-5-17(21)6-4-16/h3-8,11,15H,9-10,12-13H2,1-2H3/t15-/m0/s1. The molecule has 1 saturated heterocycles. The second-order valence-electron chi connectivity index (χ2n) is 7.10. The molecule has 0 radical (unpaired) electrons. The number of rotatable bonds is 3. The molecule has 0 N–H and O–H groups in total. The van der Waals surface area contributed by atoms with E-state index in [2.05, 4.69) is 21.9 Å². The van der Waals surface area contributed by atoms with Gasteiger partial charge in [0.05, 0.1) is 6.20 Å². The molecule has 7 heteroatoms. The zero-order valence-electron chi connectivity index (χ0n) is 15.5. The number of hydrogen-bond donors (Lipinski definition) is 0. The smallest absolute Gasteiger partial charge is 0.259 e. The van der Waals surface area contributed by atoms with E-state index in [4.69, 9.17) is 0 Å². The molecule has 1 aromatic carbocycles. The summed E-state index contributed by atoms with van der Waals surface area (Å²) in [4.78, 5) is 21.7. The summed E-state index contributed by atoms with van der Waals surface area (Å²) in [6.07, 6.45) is 3.42. The van der Waals surface area contributed by atoms with E-state index in [1.165, 1.54) is 12.1 Å². The highest BCUT2D eigenvalue weighted by atomic mass is 19.1. The molecule has 0 unspecified atom stereocenters. The first-order chi connectivity index (χ1) is 13.0. The molecule has 1 amide bonds. The molecule has 0 aliphatic carbocycles. The van der Waals surface area contributed by atoms with E-state index >= 15 is 0 Å². The maximum atomic E-state index is 13.1. The molecule has 2 aromatic heterocycles. The maximum Gasteiger partial charge on any atom is 0.259 e. The number of benzene rings is 1. The number of aryl methyl sites for hydroxylation is 1. The Morgan fingerprint density at radius 2 is 2.00 bits per heavy atom. The SMILES string of the molecule is Cc1ccn2ncc(C(=O)N3CCN(Cc4ccc(F)cc4)C[C@@H]3C)c2n1. The highest BCUT2D eigenvalue weighted by Crippen LogP contribution is 2.18. The lowest BCUT2D eigenvalue weighted by atomic mass is 10.1. The Bertz CT molecular complexity index is 968. The van der Waals surface area contributed by atoms with Crippen molar-refractivity contribution < 1.29 is 9.18 Å². The van der Waals surface area contributed by atoms with E-state index in [9.17, 15) is 9.18 Å². The quantitative estimate of drug-likeness (QED) is 0.714. The van der Waals surface area contributed by atoms with Crippen LogP contribution in [0, 0.1) is 12.7 Å². The van der Waals surface area contributed by atoms with Crippen LogP contribution < -0.4 is 0 Å². The van der Waals surface area contributed by atoms with Crippen LogP contribution in [0.1, 0.15) is 28.5 Å². The van der Waals surface area contributed by atoms with E-state index in [0.29, 0.717) is 17.8 Å². The second-order valence-corrected chi connectivity index (χ2v) is 7.10. The van der Waals surface area contributed by atoms with Gasteiger partial charge in [0.1, 0.15) is 11.4 Å². The van der Waals surface area contributed by atoms with Crippen molar-refractivity contribution in [2.24, 2.45) is 0 Å². The van der Waals surface area contributed by atoms with Gasteiger partial charge in [0, 0.05) is 44.1 Å². The fraction of sp³-hybridized carbons (Fsp3) is 0.350. The fourth-order valence-electron chi connectivity index (χ4n) is 3.59. The fourth-order valence-corrected chi connectivity index (χ4v) is 3.59. The molecule has 1 atom stereocenters. The Morgan fingerprint density at radius 3 is 2.74 bits per heavy atom. The highest BCUT2D eigenvalue weighted by molar-refractivity contribution is 5.99. The first kappa shape index (κ1) is 17.6. The lowest BCUT2D eigenvalue weighted by Crippen LogP contribution is -2.53. The normalized spacial score (nSPS) is 18.2. The number of aromatic nitrogens is 3. The molecule has 0 bridgehead atoms. The minimum atomic E-state index is -0.222. The van der Waals surface area contributed by atoms with E-state index in [1.54, 1.807) is 10.7 Å². The van der Waals surface area contributed by atoms with Gasteiger partial charge >= 0.3 is 0 Å². The number of fused-ring (bicyclic) bond motifs is 1. The summed E-state index contributed by atoms with van der Waals surface area (Å²) >= 11 is 0. The van der Waals surface area contributed by atoms with Crippen LogP contribution in [0.25, 0.3) is 5.65 Å². The molecule has 27 heavy (non-hydrogen) atoms. The monoisotopic (exact) mass is 367 g/mol. The summed E-state index contributed by atoms with van der Waals surface area (Å²) in [6.45, 7) is 6.90. The van der Waals surface area contributed by atoms with E-state index in [0.717, 1.165) is 30.9 Å². The number of nitrogens with zero attached hydrogens (tertiary/aromatic N) is 5. The third-order valence-electron chi connectivity index (χ3n) is 5.03. The average molecular weight is 367 g/mol. The van der Waals surface area contributed by atoms with E-state index in [1.807, 2.05) is 36.2 Å². The van der Waals surface area contributed by atoms with Crippen molar-refractivity contribution in [3.05, 3.63) is 65.4 Å². The zero-order valence-corrected chi connectivity index (χ0v) is 15.5. The second kappa shape index (κ2) is 7.08. The van der Waals surface area contributed by atoms with Gasteiger partial charge in [-0.3, -0.25) is 9.69 Å². The minimum absolute atomic E-state index is 0.0305. The molecule has 0 saturated carbocycles. The molecular weight excluding hydrogens is 345 g/mol. The first-order valence-corrected chi connectivity index (χ1v) is 9.10. The minimum Gasteiger partial charge on any atom is -0.333 e. The number of amides is 1. The molecule has 3 aromatic rings. The molecule has 0 spiro atoms. The molecule has 4 rings (SSSR count). The Balaban J connectivity index is 1.46. The van der Waals surface area contributed by atoms with Crippen molar-refractivity contribution >= 4 is 11.6 Å². The van der Waals surface area contributed by atoms with Crippen LogP contribution in [0.5, 0.6) is 0 Å². The lowest BCUT2D eigenvalue weighted by molar-refractivity contribution is 0.0477. The Labute approximate surface area is 157 Å². The number of halogens is 1. The third kappa shape index (κ3) is 3.55. The van der Waals surface area contributed by atoms with Gasteiger partial charge < -0.3 is 4.90 Å².